The van der Waals surface area contributed by atoms with Crippen LogP contribution in [0.4, 0.5) is 5.69 Å². The van der Waals surface area contributed by atoms with E-state index in [2.05, 4.69) is 22.3 Å². The monoisotopic (exact) mass is 362 g/mol. The molecule has 0 spiro atoms. The number of nitrogens with one attached hydrogen (secondary N) is 1. The van der Waals surface area contributed by atoms with E-state index in [9.17, 15) is 9.59 Å². The minimum atomic E-state index is -0.302. The van der Waals surface area contributed by atoms with Gasteiger partial charge in [0.15, 0.2) is 0 Å². The van der Waals surface area contributed by atoms with Crippen LogP contribution in [-0.2, 0) is 9.59 Å². The normalized spacial score (nSPS) is 14.1. The van der Waals surface area contributed by atoms with Gasteiger partial charge in [-0.2, -0.15) is 0 Å². The number of carbonyl (C=O) groups excluding carboxylic acids is 2. The van der Waals surface area contributed by atoms with Crippen molar-refractivity contribution in [2.45, 2.75) is 6.42 Å². The van der Waals surface area contributed by atoms with Crippen LogP contribution < -0.4 is 16.0 Å². The molecule has 0 aliphatic carbocycles. The maximum absolute atomic E-state index is 12.1. The quantitative estimate of drug-likeness (QED) is 0.823. The van der Waals surface area contributed by atoms with E-state index < -0.39 is 0 Å². The molecular formula is C15H24Cl2N4O2. The second-order valence-corrected chi connectivity index (χ2v) is 5.04. The highest BCUT2D eigenvalue weighted by Gasteiger charge is 2.19. The molecule has 1 aliphatic rings. The van der Waals surface area contributed by atoms with Crippen molar-refractivity contribution in [2.75, 3.05) is 44.2 Å². The molecule has 1 aliphatic heterocycles. The minimum Gasteiger partial charge on any atom is -0.370 e. The van der Waals surface area contributed by atoms with Crippen LogP contribution >= 0.6 is 24.8 Å². The summed E-state index contributed by atoms with van der Waals surface area (Å²) >= 11 is 0. The molecule has 1 fully saturated rings. The van der Waals surface area contributed by atoms with Crippen LogP contribution in [0.2, 0.25) is 0 Å². The topological polar surface area (TPSA) is 78.7 Å². The Hall–Kier alpha value is -1.50. The number of benzene rings is 1. The number of nitrogens with zero attached hydrogens (tertiary/aromatic N) is 2. The Morgan fingerprint density at radius 2 is 1.74 bits per heavy atom. The van der Waals surface area contributed by atoms with Crippen LogP contribution in [0.25, 0.3) is 0 Å². The van der Waals surface area contributed by atoms with E-state index in [1.807, 2.05) is 18.2 Å². The molecule has 23 heavy (non-hydrogen) atoms. The summed E-state index contributed by atoms with van der Waals surface area (Å²) < 4.78 is 0. The van der Waals surface area contributed by atoms with E-state index in [0.29, 0.717) is 6.54 Å². The van der Waals surface area contributed by atoms with Crippen LogP contribution in [-0.4, -0.2) is 56.0 Å². The van der Waals surface area contributed by atoms with E-state index in [1.165, 1.54) is 5.69 Å². The fraction of sp³-hybridized carbons (Fsp3) is 0.467. The third kappa shape index (κ3) is 6.64. The predicted molar refractivity (Wildman–Crippen MR) is 96.4 cm³/mol. The number of hydrogen-bond acceptors (Lipinski definition) is 4. The first-order valence-electron chi connectivity index (χ1n) is 7.25. The van der Waals surface area contributed by atoms with Gasteiger partial charge >= 0.3 is 0 Å². The van der Waals surface area contributed by atoms with Gasteiger partial charge in [0.25, 0.3) is 0 Å². The van der Waals surface area contributed by atoms with Gasteiger partial charge in [0, 0.05) is 31.9 Å². The number of anilines is 1. The van der Waals surface area contributed by atoms with Crippen molar-refractivity contribution in [1.29, 1.82) is 0 Å². The zero-order valence-electron chi connectivity index (χ0n) is 12.9. The average Bonchev–Trinajstić information content (AvgIpc) is 2.79. The smallest absolute Gasteiger partial charge is 0.242 e. The Morgan fingerprint density at radius 3 is 2.39 bits per heavy atom. The van der Waals surface area contributed by atoms with Gasteiger partial charge in [0.05, 0.1) is 13.1 Å². The number of hydrogen-bond donors (Lipinski definition) is 2. The Balaban J connectivity index is 0.00000242. The summed E-state index contributed by atoms with van der Waals surface area (Å²) in [6, 6.07) is 10.2. The van der Waals surface area contributed by atoms with Crippen LogP contribution in [0.1, 0.15) is 6.42 Å². The summed E-state index contributed by atoms with van der Waals surface area (Å²) in [4.78, 5) is 27.2. The molecule has 0 radical (unpaired) electrons. The highest BCUT2D eigenvalue weighted by atomic mass is 35.5. The highest BCUT2D eigenvalue weighted by molar-refractivity contribution is 5.86. The highest BCUT2D eigenvalue weighted by Crippen LogP contribution is 2.15. The molecule has 0 atom stereocenters. The van der Waals surface area contributed by atoms with Gasteiger partial charge in [0.2, 0.25) is 11.8 Å². The molecule has 1 saturated heterocycles. The molecule has 0 bridgehead atoms. The number of rotatable bonds is 4. The average molecular weight is 363 g/mol. The zero-order valence-corrected chi connectivity index (χ0v) is 14.6. The lowest BCUT2D eigenvalue weighted by molar-refractivity contribution is -0.132. The Morgan fingerprint density at radius 1 is 1.04 bits per heavy atom. The molecule has 2 rings (SSSR count). The third-order valence-electron chi connectivity index (χ3n) is 3.59. The molecule has 2 amide bonds. The van der Waals surface area contributed by atoms with Crippen LogP contribution in [0, 0.1) is 0 Å². The standard InChI is InChI=1S/C15H22N4O2.2ClH/c16-11-14(20)17-12-15(21)19-8-4-7-18(9-10-19)13-5-2-1-3-6-13;;/h1-3,5-6H,4,7-12,16H2,(H,17,20);2*1H. The van der Waals surface area contributed by atoms with Gasteiger partial charge in [-0.25, -0.2) is 0 Å². The Bertz CT molecular complexity index is 488. The largest absolute Gasteiger partial charge is 0.370 e. The first-order chi connectivity index (χ1) is 10.2. The van der Waals surface area contributed by atoms with Crippen molar-refractivity contribution >= 4 is 42.3 Å². The van der Waals surface area contributed by atoms with Gasteiger partial charge in [-0.05, 0) is 18.6 Å². The van der Waals surface area contributed by atoms with Gasteiger partial charge in [-0.15, -0.1) is 24.8 Å². The van der Waals surface area contributed by atoms with Crippen molar-refractivity contribution in [2.24, 2.45) is 5.73 Å². The fourth-order valence-corrected chi connectivity index (χ4v) is 2.42. The molecule has 3 N–H and O–H groups in total. The molecular weight excluding hydrogens is 339 g/mol. The number of carbonyl (C=O) groups is 2. The van der Waals surface area contributed by atoms with Gasteiger partial charge < -0.3 is 20.9 Å². The molecule has 0 unspecified atom stereocenters. The molecule has 1 aromatic rings. The fourth-order valence-electron chi connectivity index (χ4n) is 2.42. The summed E-state index contributed by atoms with van der Waals surface area (Å²) in [7, 11) is 0. The molecule has 8 heteroatoms. The van der Waals surface area contributed by atoms with Crippen molar-refractivity contribution in [3.63, 3.8) is 0 Å². The van der Waals surface area contributed by atoms with Gasteiger partial charge in [0.1, 0.15) is 0 Å². The van der Waals surface area contributed by atoms with E-state index in [1.54, 1.807) is 4.90 Å². The van der Waals surface area contributed by atoms with E-state index in [4.69, 9.17) is 5.73 Å². The Kier molecular flexibility index (Phi) is 10.4. The summed E-state index contributed by atoms with van der Waals surface area (Å²) in [6.07, 6.45) is 0.922. The van der Waals surface area contributed by atoms with Crippen molar-refractivity contribution < 1.29 is 9.59 Å². The van der Waals surface area contributed by atoms with Crippen LogP contribution in [0.3, 0.4) is 0 Å². The summed E-state index contributed by atoms with van der Waals surface area (Å²) in [5, 5.41) is 2.52. The van der Waals surface area contributed by atoms with E-state index >= 15 is 0 Å². The number of para-hydroxylation sites is 1. The van der Waals surface area contributed by atoms with Crippen molar-refractivity contribution in [1.82, 2.24) is 10.2 Å². The van der Waals surface area contributed by atoms with Crippen molar-refractivity contribution in [3.05, 3.63) is 30.3 Å². The maximum atomic E-state index is 12.1. The molecule has 6 nitrogen and oxygen atoms in total. The predicted octanol–water partition coefficient (Wildman–Crippen LogP) is 0.644. The van der Waals surface area contributed by atoms with Gasteiger partial charge in [-0.1, -0.05) is 18.2 Å². The number of amides is 2. The first kappa shape index (κ1) is 21.5. The molecule has 0 saturated carbocycles. The summed E-state index contributed by atoms with van der Waals surface area (Å²) in [5.74, 6) is -0.351. The van der Waals surface area contributed by atoms with Crippen molar-refractivity contribution in [3.8, 4) is 0 Å². The second-order valence-electron chi connectivity index (χ2n) is 5.04. The lowest BCUT2D eigenvalue weighted by Crippen LogP contribution is -2.43. The SMILES string of the molecule is Cl.Cl.NCC(=O)NCC(=O)N1CCCN(c2ccccc2)CC1. The number of nitrogens with two attached hydrogens (primary N) is 1. The molecule has 0 aromatic heterocycles. The maximum Gasteiger partial charge on any atom is 0.242 e. The minimum absolute atomic E-state index is 0. The van der Waals surface area contributed by atoms with Crippen LogP contribution in [0.15, 0.2) is 30.3 Å². The molecule has 130 valence electrons. The summed E-state index contributed by atoms with van der Waals surface area (Å²) in [6.45, 7) is 3.08. The van der Waals surface area contributed by atoms with E-state index in [0.717, 1.165) is 26.1 Å². The summed E-state index contributed by atoms with van der Waals surface area (Å²) in [5.41, 5.74) is 6.38. The zero-order chi connectivity index (χ0) is 15.1. The molecule has 1 heterocycles. The lowest BCUT2D eigenvalue weighted by Gasteiger charge is -2.23. The second kappa shape index (κ2) is 11.1. The Labute approximate surface area is 149 Å². The molecule has 1 aromatic carbocycles. The first-order valence-corrected chi connectivity index (χ1v) is 7.25. The lowest BCUT2D eigenvalue weighted by atomic mass is 10.3. The van der Waals surface area contributed by atoms with Crippen LogP contribution in [0.5, 0.6) is 0 Å². The van der Waals surface area contributed by atoms with E-state index in [-0.39, 0.29) is 49.7 Å². The number of halogens is 2. The van der Waals surface area contributed by atoms with Gasteiger partial charge in [-0.3, -0.25) is 9.59 Å². The third-order valence-corrected chi connectivity index (χ3v) is 3.59.